The number of hydrogen-bond donors (Lipinski definition) is 0. The Bertz CT molecular complexity index is 3740. The van der Waals surface area contributed by atoms with Crippen molar-refractivity contribution >= 4 is 97.9 Å². The Morgan fingerprint density at radius 3 is 1.05 bits per heavy atom. The second-order valence-electron chi connectivity index (χ2n) is 18.0. The number of hydrogen-bond acceptors (Lipinski definition) is 1. The lowest BCUT2D eigenvalue weighted by Crippen LogP contribution is -2.40. The first-order chi connectivity index (χ1) is 29.8. The maximum absolute atomic E-state index is 2.51. The molecule has 0 nitrogen and oxygen atoms in total. The van der Waals surface area contributed by atoms with Crippen LogP contribution in [0.2, 0.25) is 0 Å². The smallest absolute Gasteiger partial charge is 0.0238 e. The van der Waals surface area contributed by atoms with Crippen molar-refractivity contribution in [3.63, 3.8) is 0 Å². The van der Waals surface area contributed by atoms with Crippen LogP contribution in [-0.4, -0.2) is 0 Å². The molecule has 0 atom stereocenters. The Hall–Kier alpha value is -6.67. The first-order valence-corrected chi connectivity index (χ1v) is 22.3. The third kappa shape index (κ3) is 5.27. The molecule has 1 aliphatic heterocycles. The molecule has 1 heterocycles. The molecular weight excluding hydrogens is 753 g/mol. The summed E-state index contributed by atoms with van der Waals surface area (Å²) in [6.45, 7) is 9.70. The molecule has 0 fully saturated rings. The number of benzene rings is 9. The van der Waals surface area contributed by atoms with Gasteiger partial charge >= 0.3 is 0 Å². The first-order valence-electron chi connectivity index (χ1n) is 21.5. The second kappa shape index (κ2) is 13.4. The van der Waals surface area contributed by atoms with Crippen LogP contribution < -0.4 is 0 Å². The van der Waals surface area contributed by atoms with E-state index < -0.39 is 0 Å². The maximum atomic E-state index is 2.51. The molecular formula is C60H44S. The van der Waals surface area contributed by atoms with Crippen LogP contribution in [0.3, 0.4) is 0 Å². The fourth-order valence-electron chi connectivity index (χ4n) is 10.6. The van der Waals surface area contributed by atoms with Crippen LogP contribution in [0.15, 0.2) is 204 Å². The van der Waals surface area contributed by atoms with Crippen LogP contribution in [0.1, 0.15) is 38.8 Å². The summed E-state index contributed by atoms with van der Waals surface area (Å²) in [7, 11) is 0. The van der Waals surface area contributed by atoms with E-state index in [1.807, 2.05) is 11.8 Å². The predicted molar refractivity (Wildman–Crippen MR) is 266 cm³/mol. The molecule has 0 bridgehead atoms. The van der Waals surface area contributed by atoms with Crippen molar-refractivity contribution in [1.82, 2.24) is 0 Å². The van der Waals surface area contributed by atoms with Crippen LogP contribution in [0, 0.1) is 0 Å². The Balaban J connectivity index is 1.24. The summed E-state index contributed by atoms with van der Waals surface area (Å²) in [5.41, 5.74) is 5.19. The highest BCUT2D eigenvalue weighted by atomic mass is 32.2. The van der Waals surface area contributed by atoms with E-state index in [1.54, 1.807) is 0 Å². The molecule has 1 aliphatic rings. The van der Waals surface area contributed by atoms with Crippen molar-refractivity contribution in [1.29, 1.82) is 0 Å². The van der Waals surface area contributed by atoms with Gasteiger partial charge in [0.1, 0.15) is 0 Å². The quantitative estimate of drug-likeness (QED) is 0.159. The molecule has 0 N–H and O–H groups in total. The standard InChI is InChI=1S/C60H44S/c1-59(2)55-29-15-16-31-57(55)61-58-38(28-17-30-56(58)60(59,3)4)37-32-33-49-43-22-9-12-25-46(43)53-35-51-44-23-10-7-20-41(44)39-18-5-6-19-40(39)42-21-8-11-24-45(42)52(51)36-54(53)48-27-14-13-26-47(48)50(49)34-37/h5-36H,1-4H3. The fourth-order valence-corrected chi connectivity index (χ4v) is 12.2. The zero-order valence-corrected chi connectivity index (χ0v) is 35.7. The minimum absolute atomic E-state index is 0.0636. The van der Waals surface area contributed by atoms with Gasteiger partial charge < -0.3 is 0 Å². The van der Waals surface area contributed by atoms with Gasteiger partial charge in [-0.1, -0.05) is 209 Å². The highest BCUT2D eigenvalue weighted by molar-refractivity contribution is 7.99. The van der Waals surface area contributed by atoms with Gasteiger partial charge in [-0.05, 0) is 144 Å². The van der Waals surface area contributed by atoms with Crippen LogP contribution in [-0.2, 0) is 10.8 Å². The molecule has 0 amide bonds. The molecule has 11 aromatic rings. The average Bonchev–Trinajstić information content (AvgIpc) is 3.36. The van der Waals surface area contributed by atoms with E-state index in [2.05, 4.69) is 222 Å². The summed E-state index contributed by atoms with van der Waals surface area (Å²) in [6, 6.07) is 73.4. The van der Waals surface area contributed by atoms with E-state index >= 15 is 0 Å². The largest absolute Gasteiger partial charge is 0.0888 e. The molecule has 0 radical (unpaired) electrons. The molecule has 11 aromatic carbocycles. The van der Waals surface area contributed by atoms with E-state index in [0.717, 1.165) is 0 Å². The van der Waals surface area contributed by atoms with E-state index in [9.17, 15) is 0 Å². The average molecular weight is 797 g/mol. The zero-order chi connectivity index (χ0) is 41.0. The normalized spacial score (nSPS) is 14.4. The Labute approximate surface area is 360 Å². The topological polar surface area (TPSA) is 0 Å². The predicted octanol–water partition coefficient (Wildman–Crippen LogP) is 17.4. The first kappa shape index (κ1) is 36.2. The van der Waals surface area contributed by atoms with E-state index in [1.165, 1.54) is 118 Å². The van der Waals surface area contributed by atoms with E-state index in [4.69, 9.17) is 0 Å². The summed E-state index contributed by atoms with van der Waals surface area (Å²) < 4.78 is 0. The van der Waals surface area contributed by atoms with Gasteiger partial charge in [0.05, 0.1) is 0 Å². The van der Waals surface area contributed by atoms with Gasteiger partial charge in [-0.15, -0.1) is 0 Å². The summed E-state index contributed by atoms with van der Waals surface area (Å²) >= 11 is 1.94. The zero-order valence-electron chi connectivity index (χ0n) is 34.9. The van der Waals surface area contributed by atoms with Gasteiger partial charge in [0, 0.05) is 9.79 Å². The van der Waals surface area contributed by atoms with Crippen molar-refractivity contribution in [2.24, 2.45) is 0 Å². The molecule has 0 spiro atoms. The van der Waals surface area contributed by atoms with Gasteiger partial charge in [0.25, 0.3) is 0 Å². The lowest BCUT2D eigenvalue weighted by Gasteiger charge is -2.42. The monoisotopic (exact) mass is 796 g/mol. The lowest BCUT2D eigenvalue weighted by atomic mass is 9.61. The lowest BCUT2D eigenvalue weighted by molar-refractivity contribution is 0.296. The minimum atomic E-state index is -0.102. The summed E-state index contributed by atoms with van der Waals surface area (Å²) in [5, 5.41) is 20.1. The molecule has 0 aliphatic carbocycles. The van der Waals surface area contributed by atoms with Gasteiger partial charge in [-0.2, -0.15) is 0 Å². The van der Waals surface area contributed by atoms with Crippen molar-refractivity contribution in [3.8, 4) is 11.1 Å². The van der Waals surface area contributed by atoms with Crippen molar-refractivity contribution in [2.45, 2.75) is 48.3 Å². The summed E-state index contributed by atoms with van der Waals surface area (Å²) in [5.74, 6) is 0. The summed E-state index contributed by atoms with van der Waals surface area (Å²) in [6.07, 6.45) is 0. The van der Waals surface area contributed by atoms with Crippen LogP contribution in [0.4, 0.5) is 0 Å². The van der Waals surface area contributed by atoms with Gasteiger partial charge in [0.15, 0.2) is 0 Å². The maximum Gasteiger partial charge on any atom is 0.0238 e. The highest BCUT2D eigenvalue weighted by Crippen LogP contribution is 2.56. The third-order valence-corrected chi connectivity index (χ3v) is 15.7. The fraction of sp³-hybridized carbons (Fsp3) is 0.100. The molecule has 0 unspecified atom stereocenters. The summed E-state index contributed by atoms with van der Waals surface area (Å²) in [4.78, 5) is 2.70. The molecule has 0 saturated carbocycles. The molecule has 290 valence electrons. The molecule has 0 aromatic heterocycles. The van der Waals surface area contributed by atoms with Crippen LogP contribution >= 0.6 is 11.8 Å². The van der Waals surface area contributed by atoms with Gasteiger partial charge in [-0.25, -0.2) is 0 Å². The van der Waals surface area contributed by atoms with Crippen molar-refractivity contribution in [3.05, 3.63) is 205 Å². The SMILES string of the molecule is CC1(C)c2ccccc2Sc2c(-c3ccc4c5ccccc5c5cc6c7ccccc7c7ccccc7c7ccccc7c6cc5c5ccccc5c4c3)cccc2C1(C)C. The van der Waals surface area contributed by atoms with Crippen LogP contribution in [0.5, 0.6) is 0 Å². The minimum Gasteiger partial charge on any atom is -0.0888 e. The molecule has 0 saturated heterocycles. The van der Waals surface area contributed by atoms with Crippen LogP contribution in [0.25, 0.3) is 97.3 Å². The van der Waals surface area contributed by atoms with E-state index in [-0.39, 0.29) is 10.8 Å². The number of rotatable bonds is 1. The third-order valence-electron chi connectivity index (χ3n) is 14.5. The Morgan fingerprint density at radius 1 is 0.279 bits per heavy atom. The highest BCUT2D eigenvalue weighted by Gasteiger charge is 2.44. The second-order valence-corrected chi connectivity index (χ2v) is 19.0. The molecule has 1 heteroatoms. The molecule has 61 heavy (non-hydrogen) atoms. The number of fused-ring (bicyclic) bond motifs is 18. The van der Waals surface area contributed by atoms with E-state index in [0.29, 0.717) is 0 Å². The van der Waals surface area contributed by atoms with Crippen molar-refractivity contribution < 1.29 is 0 Å². The van der Waals surface area contributed by atoms with Gasteiger partial charge in [-0.3, -0.25) is 0 Å². The Kier molecular flexibility index (Phi) is 7.96. The van der Waals surface area contributed by atoms with Gasteiger partial charge in [0.2, 0.25) is 0 Å². The molecule has 12 rings (SSSR count). The Morgan fingerprint density at radius 2 is 0.607 bits per heavy atom. The van der Waals surface area contributed by atoms with Crippen molar-refractivity contribution in [2.75, 3.05) is 0 Å².